The van der Waals surface area contributed by atoms with Gasteiger partial charge in [-0.1, -0.05) is 0 Å². The number of rotatable bonds is 2. The molecule has 0 aromatic heterocycles. The van der Waals surface area contributed by atoms with E-state index in [9.17, 15) is 9.59 Å². The Labute approximate surface area is 53.1 Å². The van der Waals surface area contributed by atoms with Gasteiger partial charge in [-0.25, -0.2) is 4.79 Å². The summed E-state index contributed by atoms with van der Waals surface area (Å²) in [5.41, 5.74) is 0. The van der Waals surface area contributed by atoms with Gasteiger partial charge in [0.2, 0.25) is 5.78 Å². The summed E-state index contributed by atoms with van der Waals surface area (Å²) in [4.78, 5) is 20.2. The lowest BCUT2D eigenvalue weighted by atomic mass is 10.5. The van der Waals surface area contributed by atoms with Crippen molar-refractivity contribution >= 4 is 11.8 Å². The smallest absolute Gasteiger partial charge is 0.374 e. The topological polar surface area (TPSA) is 74.9 Å². The van der Waals surface area contributed by atoms with Gasteiger partial charge >= 0.3 is 5.97 Å². The highest BCUT2D eigenvalue weighted by Gasteiger charge is 2.05. The first-order valence-corrected chi connectivity index (χ1v) is 2.36. The zero-order chi connectivity index (χ0) is 6.57. The monoisotopic (exact) mass is 134 g/mol. The van der Waals surface area contributed by atoms with Crippen molar-refractivity contribution in [1.82, 2.24) is 0 Å². The molecule has 0 aromatic carbocycles. The van der Waals surface area contributed by atoms with E-state index >= 15 is 0 Å². The highest BCUT2D eigenvalue weighted by Crippen LogP contribution is 1.77. The molecule has 0 saturated heterocycles. The third-order valence-corrected chi connectivity index (χ3v) is 0.563. The molecule has 0 unspecified atom stereocenters. The average molecular weight is 134 g/mol. The molecule has 0 aliphatic rings. The lowest BCUT2D eigenvalue weighted by molar-refractivity contribution is -0.152. The lowest BCUT2D eigenvalue weighted by Gasteiger charge is -1.93. The van der Waals surface area contributed by atoms with E-state index in [4.69, 9.17) is 0 Å². The van der Waals surface area contributed by atoms with Crippen LogP contribution in [0, 0.1) is 0 Å². The van der Waals surface area contributed by atoms with Crippen LogP contribution in [-0.4, -0.2) is 23.8 Å². The molecule has 0 aliphatic heterocycles. The highest BCUT2D eigenvalue weighted by molar-refractivity contribution is 6.32. The Morgan fingerprint density at radius 2 is 1.89 bits per heavy atom. The predicted molar refractivity (Wildman–Crippen MR) is 30.9 cm³/mol. The van der Waals surface area contributed by atoms with Gasteiger partial charge in [0.1, 0.15) is 0 Å². The van der Waals surface area contributed by atoms with E-state index in [0.29, 0.717) is 0 Å². The summed E-state index contributed by atoms with van der Waals surface area (Å²) in [6, 6.07) is 0. The maximum absolute atomic E-state index is 10.2. The molecule has 0 radical (unpaired) electrons. The van der Waals surface area contributed by atoms with Crippen LogP contribution in [0.3, 0.4) is 0 Å². The summed E-state index contributed by atoms with van der Waals surface area (Å²) >= 11 is 0. The molecule has 0 amide bonds. The second-order valence-electron chi connectivity index (χ2n) is 1.28. The molecule has 2 N–H and O–H groups in total. The van der Waals surface area contributed by atoms with E-state index in [1.807, 2.05) is 0 Å². The molecule has 0 rings (SSSR count). The average Bonchev–Trinajstić information content (AvgIpc) is 1.67. The van der Waals surface area contributed by atoms with Gasteiger partial charge < -0.3 is 10.2 Å². The van der Waals surface area contributed by atoms with E-state index in [-0.39, 0.29) is 12.1 Å². The van der Waals surface area contributed by atoms with Crippen molar-refractivity contribution in [1.29, 1.82) is 0 Å². The van der Waals surface area contributed by atoms with Crippen LogP contribution in [0.2, 0.25) is 0 Å². The summed E-state index contributed by atoms with van der Waals surface area (Å²) in [5, 5.41) is 0. The largest absolute Gasteiger partial charge is 0.460 e. The van der Waals surface area contributed by atoms with E-state index in [2.05, 4.69) is 4.74 Å². The van der Waals surface area contributed by atoms with Crippen LogP contribution in [0.15, 0.2) is 0 Å². The van der Waals surface area contributed by atoms with Gasteiger partial charge in [-0.2, -0.15) is 0 Å². The van der Waals surface area contributed by atoms with E-state index in [1.54, 1.807) is 6.92 Å². The Bertz CT molecular complexity index is 108. The molecule has 0 atom stereocenters. The van der Waals surface area contributed by atoms with E-state index < -0.39 is 11.8 Å². The van der Waals surface area contributed by atoms with Crippen LogP contribution < -0.4 is 0 Å². The molecule has 0 fully saturated rings. The van der Waals surface area contributed by atoms with E-state index in [1.165, 1.54) is 6.92 Å². The number of ether oxygens (including phenoxy) is 1. The fourth-order valence-corrected chi connectivity index (χ4v) is 0.233. The highest BCUT2D eigenvalue weighted by atomic mass is 16.5. The zero-order valence-electron chi connectivity index (χ0n) is 5.43. The first kappa shape index (κ1) is 11.0. The summed E-state index contributed by atoms with van der Waals surface area (Å²) in [6.07, 6.45) is 0. The van der Waals surface area contributed by atoms with Gasteiger partial charge in [0, 0.05) is 6.92 Å². The maximum atomic E-state index is 10.2. The third-order valence-electron chi connectivity index (χ3n) is 0.563. The molecule has 9 heavy (non-hydrogen) atoms. The number of hydrogen-bond acceptors (Lipinski definition) is 3. The van der Waals surface area contributed by atoms with Gasteiger partial charge in [-0.05, 0) is 6.92 Å². The molecule has 4 heteroatoms. The summed E-state index contributed by atoms with van der Waals surface area (Å²) < 4.78 is 4.31. The van der Waals surface area contributed by atoms with Gasteiger partial charge in [-0.3, -0.25) is 4.79 Å². The molecule has 0 saturated carbocycles. The van der Waals surface area contributed by atoms with Gasteiger partial charge in [-0.15, -0.1) is 0 Å². The Morgan fingerprint density at radius 3 is 2.00 bits per heavy atom. The van der Waals surface area contributed by atoms with E-state index in [0.717, 1.165) is 0 Å². The second kappa shape index (κ2) is 5.24. The molecule has 4 nitrogen and oxygen atoms in total. The SMILES string of the molecule is CCOC(=O)C(C)=O.O. The van der Waals surface area contributed by atoms with Crippen molar-refractivity contribution in [2.45, 2.75) is 13.8 Å². The molecule has 54 valence electrons. The Morgan fingerprint density at radius 1 is 1.44 bits per heavy atom. The second-order valence-corrected chi connectivity index (χ2v) is 1.28. The molecular weight excluding hydrogens is 124 g/mol. The van der Waals surface area contributed by atoms with Gasteiger partial charge in [0.15, 0.2) is 0 Å². The number of ketones is 1. The van der Waals surface area contributed by atoms with Crippen LogP contribution in [-0.2, 0) is 14.3 Å². The quantitative estimate of drug-likeness (QED) is 0.370. The van der Waals surface area contributed by atoms with Crippen LogP contribution in [0.25, 0.3) is 0 Å². The van der Waals surface area contributed by atoms with Crippen LogP contribution in [0.4, 0.5) is 0 Å². The molecule has 0 aromatic rings. The first-order valence-electron chi connectivity index (χ1n) is 2.36. The fourth-order valence-electron chi connectivity index (χ4n) is 0.233. The normalized spacial score (nSPS) is 7.33. The standard InChI is InChI=1S/C5H8O3.H2O/c1-3-8-5(7)4(2)6;/h3H2,1-2H3;1H2. The number of esters is 1. The number of carbonyl (C=O) groups is 2. The summed E-state index contributed by atoms with van der Waals surface area (Å²) in [6.45, 7) is 3.09. The third kappa shape index (κ3) is 4.96. The molecule has 0 aliphatic carbocycles. The van der Waals surface area contributed by atoms with Crippen molar-refractivity contribution in [3.8, 4) is 0 Å². The van der Waals surface area contributed by atoms with Crippen molar-refractivity contribution in [2.75, 3.05) is 6.61 Å². The zero-order valence-corrected chi connectivity index (χ0v) is 5.43. The fraction of sp³-hybridized carbons (Fsp3) is 0.600. The van der Waals surface area contributed by atoms with Crippen LogP contribution in [0.5, 0.6) is 0 Å². The summed E-state index contributed by atoms with van der Waals surface area (Å²) in [5.74, 6) is -1.31. The van der Waals surface area contributed by atoms with Crippen molar-refractivity contribution in [3.63, 3.8) is 0 Å². The van der Waals surface area contributed by atoms with Crippen molar-refractivity contribution in [2.24, 2.45) is 0 Å². The van der Waals surface area contributed by atoms with Crippen LogP contribution >= 0.6 is 0 Å². The van der Waals surface area contributed by atoms with Crippen molar-refractivity contribution in [3.05, 3.63) is 0 Å². The van der Waals surface area contributed by atoms with Gasteiger partial charge in [0.05, 0.1) is 6.61 Å². The number of hydrogen-bond donors (Lipinski definition) is 0. The first-order chi connectivity index (χ1) is 3.68. The minimum Gasteiger partial charge on any atom is -0.460 e. The molecule has 0 bridgehead atoms. The molecular formula is C5H10O4. The molecule has 0 spiro atoms. The Balaban J connectivity index is 0. The number of Topliss-reactive ketones (excluding diaryl/α,β-unsaturated/α-hetero) is 1. The minimum atomic E-state index is -0.757. The van der Waals surface area contributed by atoms with Crippen LogP contribution in [0.1, 0.15) is 13.8 Å². The minimum absolute atomic E-state index is 0. The molecule has 0 heterocycles. The predicted octanol–water partition coefficient (Wildman–Crippen LogP) is -0.686. The van der Waals surface area contributed by atoms with Crippen molar-refractivity contribution < 1.29 is 19.8 Å². The van der Waals surface area contributed by atoms with Gasteiger partial charge in [0.25, 0.3) is 0 Å². The number of carbonyl (C=O) groups excluding carboxylic acids is 2. The Hall–Kier alpha value is -0.900. The lowest BCUT2D eigenvalue weighted by Crippen LogP contribution is -2.12. The Kier molecular flexibility index (Phi) is 6.39. The summed E-state index contributed by atoms with van der Waals surface area (Å²) in [7, 11) is 0. The maximum Gasteiger partial charge on any atom is 0.374 e.